The lowest BCUT2D eigenvalue weighted by Crippen LogP contribution is -2.40. The molecule has 5 nitrogen and oxygen atoms in total. The minimum atomic E-state index is -0.330. The number of pyridine rings is 1. The van der Waals surface area contributed by atoms with Crippen LogP contribution in [0.25, 0.3) is 11.0 Å². The van der Waals surface area contributed by atoms with Crippen LogP contribution in [0, 0.1) is 6.92 Å². The molecule has 0 atom stereocenters. The van der Waals surface area contributed by atoms with Gasteiger partial charge in [-0.2, -0.15) is 0 Å². The summed E-state index contributed by atoms with van der Waals surface area (Å²) in [4.78, 5) is 29.8. The van der Waals surface area contributed by atoms with Gasteiger partial charge in [0, 0.05) is 12.7 Å². The van der Waals surface area contributed by atoms with Crippen molar-refractivity contribution in [1.29, 1.82) is 0 Å². The molecular formula is C19H21N3O2. The first-order chi connectivity index (χ1) is 11.6. The average molecular weight is 323 g/mol. The molecule has 1 aromatic carbocycles. The molecule has 2 heterocycles. The largest absolute Gasteiger partial charge is 0.331 e. The molecule has 0 radical (unpaired) electrons. The predicted octanol–water partition coefficient (Wildman–Crippen LogP) is 2.72. The van der Waals surface area contributed by atoms with Gasteiger partial charge in [-0.3, -0.25) is 13.9 Å². The van der Waals surface area contributed by atoms with Gasteiger partial charge >= 0.3 is 5.69 Å². The SMILES string of the molecule is CCCCn1c(=O)n(Cc2ccc(C)cc2)c(=O)c2ncccc21. The third kappa shape index (κ3) is 3.02. The summed E-state index contributed by atoms with van der Waals surface area (Å²) < 4.78 is 2.96. The fourth-order valence-corrected chi connectivity index (χ4v) is 2.79. The number of hydrogen-bond donors (Lipinski definition) is 0. The van der Waals surface area contributed by atoms with Gasteiger partial charge in [-0.1, -0.05) is 43.2 Å². The standard InChI is InChI=1S/C19H21N3O2/c1-3-4-12-21-16-6-5-11-20-17(16)18(23)22(19(21)24)13-15-9-7-14(2)8-10-15/h5-11H,3-4,12-13H2,1-2H3. The maximum Gasteiger partial charge on any atom is 0.331 e. The van der Waals surface area contributed by atoms with Gasteiger partial charge in [0.25, 0.3) is 5.56 Å². The van der Waals surface area contributed by atoms with Gasteiger partial charge in [-0.05, 0) is 31.0 Å². The maximum atomic E-state index is 12.9. The van der Waals surface area contributed by atoms with Crippen molar-refractivity contribution in [3.8, 4) is 0 Å². The summed E-state index contributed by atoms with van der Waals surface area (Å²) in [7, 11) is 0. The predicted molar refractivity (Wildman–Crippen MR) is 95.5 cm³/mol. The number of hydrogen-bond acceptors (Lipinski definition) is 3. The summed E-state index contributed by atoms with van der Waals surface area (Å²) in [5.41, 5.74) is 2.43. The Morgan fingerprint density at radius 2 is 1.79 bits per heavy atom. The summed E-state index contributed by atoms with van der Waals surface area (Å²) in [6, 6.07) is 11.4. The Kier molecular flexibility index (Phi) is 4.60. The van der Waals surface area contributed by atoms with Gasteiger partial charge in [-0.25, -0.2) is 9.78 Å². The third-order valence-corrected chi connectivity index (χ3v) is 4.18. The fourth-order valence-electron chi connectivity index (χ4n) is 2.79. The van der Waals surface area contributed by atoms with Crippen molar-refractivity contribution in [3.05, 3.63) is 74.6 Å². The van der Waals surface area contributed by atoms with Crippen LogP contribution < -0.4 is 11.2 Å². The van der Waals surface area contributed by atoms with Gasteiger partial charge in [0.1, 0.15) is 0 Å². The van der Waals surface area contributed by atoms with Crippen molar-refractivity contribution >= 4 is 11.0 Å². The van der Waals surface area contributed by atoms with E-state index >= 15 is 0 Å². The highest BCUT2D eigenvalue weighted by atomic mass is 16.2. The van der Waals surface area contributed by atoms with E-state index in [9.17, 15) is 9.59 Å². The van der Waals surface area contributed by atoms with Crippen LogP contribution in [-0.4, -0.2) is 14.1 Å². The second-order valence-electron chi connectivity index (χ2n) is 6.04. The molecule has 0 fully saturated rings. The second kappa shape index (κ2) is 6.83. The lowest BCUT2D eigenvalue weighted by atomic mass is 10.1. The van der Waals surface area contributed by atoms with Gasteiger partial charge in [0.05, 0.1) is 12.1 Å². The molecular weight excluding hydrogens is 302 g/mol. The molecule has 0 N–H and O–H groups in total. The Morgan fingerprint density at radius 1 is 1.04 bits per heavy atom. The highest BCUT2D eigenvalue weighted by Crippen LogP contribution is 2.08. The Morgan fingerprint density at radius 3 is 2.50 bits per heavy atom. The first kappa shape index (κ1) is 16.2. The zero-order valence-electron chi connectivity index (χ0n) is 14.0. The highest BCUT2D eigenvalue weighted by Gasteiger charge is 2.13. The van der Waals surface area contributed by atoms with E-state index in [1.807, 2.05) is 31.2 Å². The summed E-state index contributed by atoms with van der Waals surface area (Å²) in [6.45, 7) is 4.93. The number of aromatic nitrogens is 3. The number of fused-ring (bicyclic) bond motifs is 1. The van der Waals surface area contributed by atoms with Crippen LogP contribution in [0.3, 0.4) is 0 Å². The molecule has 2 aromatic heterocycles. The molecule has 0 saturated heterocycles. The summed E-state index contributed by atoms with van der Waals surface area (Å²) in [5, 5.41) is 0. The van der Waals surface area contributed by atoms with Gasteiger partial charge in [-0.15, -0.1) is 0 Å². The first-order valence-corrected chi connectivity index (χ1v) is 8.25. The van der Waals surface area contributed by atoms with Crippen LogP contribution >= 0.6 is 0 Å². The highest BCUT2D eigenvalue weighted by molar-refractivity contribution is 5.73. The van der Waals surface area contributed by atoms with Gasteiger partial charge in [0.2, 0.25) is 0 Å². The molecule has 0 saturated carbocycles. The van der Waals surface area contributed by atoms with E-state index in [2.05, 4.69) is 11.9 Å². The van der Waals surface area contributed by atoms with Crippen molar-refractivity contribution < 1.29 is 0 Å². The Hall–Kier alpha value is -2.69. The van der Waals surface area contributed by atoms with E-state index in [1.165, 1.54) is 4.57 Å². The van der Waals surface area contributed by atoms with Crippen LogP contribution in [0.4, 0.5) is 0 Å². The van der Waals surface area contributed by atoms with Gasteiger partial charge < -0.3 is 0 Å². The van der Waals surface area contributed by atoms with E-state index < -0.39 is 0 Å². The molecule has 0 spiro atoms. The van der Waals surface area contributed by atoms with E-state index in [0.29, 0.717) is 17.6 Å². The topological polar surface area (TPSA) is 56.9 Å². The fraction of sp³-hybridized carbons (Fsp3) is 0.316. The molecule has 0 unspecified atom stereocenters. The molecule has 5 heteroatoms. The van der Waals surface area contributed by atoms with E-state index in [-0.39, 0.29) is 17.8 Å². The van der Waals surface area contributed by atoms with Gasteiger partial charge in [0.15, 0.2) is 5.52 Å². The van der Waals surface area contributed by atoms with Crippen molar-refractivity contribution in [2.24, 2.45) is 0 Å². The Labute approximate surface area is 140 Å². The minimum absolute atomic E-state index is 0.261. The lowest BCUT2D eigenvalue weighted by molar-refractivity contribution is 0.571. The Bertz CT molecular complexity index is 969. The van der Waals surface area contributed by atoms with Crippen molar-refractivity contribution in [2.75, 3.05) is 0 Å². The van der Waals surface area contributed by atoms with Crippen LogP contribution in [0.5, 0.6) is 0 Å². The first-order valence-electron chi connectivity index (χ1n) is 8.25. The number of nitrogens with zero attached hydrogens (tertiary/aromatic N) is 3. The smallest absolute Gasteiger partial charge is 0.292 e. The summed E-state index contributed by atoms with van der Waals surface area (Å²) >= 11 is 0. The van der Waals surface area contributed by atoms with Crippen molar-refractivity contribution in [1.82, 2.24) is 14.1 Å². The lowest BCUT2D eigenvalue weighted by Gasteiger charge is -2.13. The Balaban J connectivity index is 2.18. The molecule has 0 aliphatic rings. The van der Waals surface area contributed by atoms with Crippen molar-refractivity contribution in [3.63, 3.8) is 0 Å². The van der Waals surface area contributed by atoms with Crippen LogP contribution in [0.1, 0.15) is 30.9 Å². The molecule has 3 aromatic rings. The molecule has 0 amide bonds. The van der Waals surface area contributed by atoms with Crippen LogP contribution in [0.2, 0.25) is 0 Å². The quantitative estimate of drug-likeness (QED) is 0.725. The zero-order valence-corrected chi connectivity index (χ0v) is 14.0. The zero-order chi connectivity index (χ0) is 17.1. The summed E-state index contributed by atoms with van der Waals surface area (Å²) in [6.07, 6.45) is 3.45. The van der Waals surface area contributed by atoms with Crippen LogP contribution in [-0.2, 0) is 13.1 Å². The van der Waals surface area contributed by atoms with Crippen molar-refractivity contribution in [2.45, 2.75) is 39.8 Å². The molecule has 3 rings (SSSR count). The normalized spacial score (nSPS) is 11.1. The molecule has 0 aliphatic carbocycles. The second-order valence-corrected chi connectivity index (χ2v) is 6.04. The molecule has 0 aliphatic heterocycles. The van der Waals surface area contributed by atoms with Crippen LogP contribution in [0.15, 0.2) is 52.2 Å². The number of benzene rings is 1. The minimum Gasteiger partial charge on any atom is -0.292 e. The third-order valence-electron chi connectivity index (χ3n) is 4.18. The molecule has 124 valence electrons. The number of aryl methyl sites for hydroxylation is 2. The maximum absolute atomic E-state index is 12.9. The van der Waals surface area contributed by atoms with E-state index in [0.717, 1.165) is 24.0 Å². The molecule has 24 heavy (non-hydrogen) atoms. The number of rotatable bonds is 5. The molecule has 0 bridgehead atoms. The van der Waals surface area contributed by atoms with E-state index in [4.69, 9.17) is 0 Å². The van der Waals surface area contributed by atoms with E-state index in [1.54, 1.807) is 22.9 Å². The monoisotopic (exact) mass is 323 g/mol. The summed E-state index contributed by atoms with van der Waals surface area (Å²) in [5.74, 6) is 0. The number of unbranched alkanes of at least 4 members (excludes halogenated alkanes) is 1. The average Bonchev–Trinajstić information content (AvgIpc) is 2.60.